The molecule has 0 saturated heterocycles. The molecule has 0 radical (unpaired) electrons. The predicted molar refractivity (Wildman–Crippen MR) is 66.5 cm³/mol. The van der Waals surface area contributed by atoms with Crippen molar-refractivity contribution in [2.24, 2.45) is 0 Å². The standard InChI is InChI=1S/C15H12F4O/c1-8-11(16)4-9(5-12(8)17)2-3-10-6-13(18)15(20)14(19)7-10/h4-7,20H,2-3H2,1H3. The number of rotatable bonds is 3. The number of benzene rings is 2. The smallest absolute Gasteiger partial charge is 0.187 e. The van der Waals surface area contributed by atoms with Gasteiger partial charge < -0.3 is 5.11 Å². The van der Waals surface area contributed by atoms with Crippen LogP contribution >= 0.6 is 0 Å². The van der Waals surface area contributed by atoms with Crippen LogP contribution in [0.5, 0.6) is 5.75 Å². The van der Waals surface area contributed by atoms with Crippen LogP contribution in [0.2, 0.25) is 0 Å². The van der Waals surface area contributed by atoms with Crippen LogP contribution in [0, 0.1) is 30.2 Å². The average molecular weight is 284 g/mol. The van der Waals surface area contributed by atoms with Gasteiger partial charge in [0.15, 0.2) is 17.4 Å². The average Bonchev–Trinajstić information content (AvgIpc) is 2.39. The van der Waals surface area contributed by atoms with E-state index in [1.165, 1.54) is 19.1 Å². The number of hydrogen-bond acceptors (Lipinski definition) is 1. The highest BCUT2D eigenvalue weighted by molar-refractivity contribution is 5.31. The molecule has 0 aliphatic heterocycles. The maximum absolute atomic E-state index is 13.4. The number of halogens is 4. The lowest BCUT2D eigenvalue weighted by molar-refractivity contribution is 0.395. The summed E-state index contributed by atoms with van der Waals surface area (Å²) >= 11 is 0. The number of phenols is 1. The van der Waals surface area contributed by atoms with E-state index in [1.54, 1.807) is 0 Å². The van der Waals surface area contributed by atoms with Gasteiger partial charge in [-0.3, -0.25) is 0 Å². The summed E-state index contributed by atoms with van der Waals surface area (Å²) < 4.78 is 53.0. The summed E-state index contributed by atoms with van der Waals surface area (Å²) in [6.45, 7) is 1.33. The summed E-state index contributed by atoms with van der Waals surface area (Å²) in [6.07, 6.45) is 0.438. The summed E-state index contributed by atoms with van der Waals surface area (Å²) in [5.41, 5.74) is 0.647. The van der Waals surface area contributed by atoms with Gasteiger partial charge in [-0.25, -0.2) is 17.6 Å². The van der Waals surface area contributed by atoms with Gasteiger partial charge in [-0.1, -0.05) is 0 Å². The van der Waals surface area contributed by atoms with Crippen LogP contribution in [-0.2, 0) is 12.8 Å². The van der Waals surface area contributed by atoms with E-state index in [4.69, 9.17) is 5.11 Å². The molecule has 2 rings (SSSR count). The van der Waals surface area contributed by atoms with Gasteiger partial charge in [0, 0.05) is 5.56 Å². The molecular weight excluding hydrogens is 272 g/mol. The number of aromatic hydroxyl groups is 1. The molecule has 1 nitrogen and oxygen atoms in total. The molecule has 0 bridgehead atoms. The Morgan fingerprint density at radius 3 is 1.50 bits per heavy atom. The SMILES string of the molecule is Cc1c(F)cc(CCc2cc(F)c(O)c(F)c2)cc1F. The molecular formula is C15H12F4O. The summed E-state index contributed by atoms with van der Waals surface area (Å²) in [6, 6.07) is 4.40. The van der Waals surface area contributed by atoms with Crippen molar-refractivity contribution < 1.29 is 22.7 Å². The molecule has 20 heavy (non-hydrogen) atoms. The first kappa shape index (κ1) is 14.4. The van der Waals surface area contributed by atoms with Crippen molar-refractivity contribution >= 4 is 0 Å². The van der Waals surface area contributed by atoms with Crippen molar-refractivity contribution in [2.75, 3.05) is 0 Å². The third kappa shape index (κ3) is 2.92. The number of hydrogen-bond donors (Lipinski definition) is 1. The second-order valence-corrected chi connectivity index (χ2v) is 4.59. The Kier molecular flexibility index (Phi) is 3.97. The monoisotopic (exact) mass is 284 g/mol. The Morgan fingerprint density at radius 2 is 1.10 bits per heavy atom. The van der Waals surface area contributed by atoms with E-state index in [1.807, 2.05) is 0 Å². The van der Waals surface area contributed by atoms with Crippen LogP contribution in [0.3, 0.4) is 0 Å². The van der Waals surface area contributed by atoms with E-state index in [2.05, 4.69) is 0 Å². The first-order chi connectivity index (χ1) is 9.38. The van der Waals surface area contributed by atoms with E-state index in [0.29, 0.717) is 11.1 Å². The molecule has 0 aliphatic carbocycles. The minimum absolute atomic E-state index is 0.0597. The molecule has 0 spiro atoms. The molecule has 0 heterocycles. The van der Waals surface area contributed by atoms with E-state index < -0.39 is 29.0 Å². The molecule has 5 heteroatoms. The summed E-state index contributed by atoms with van der Waals surface area (Å²) in [7, 11) is 0. The Morgan fingerprint density at radius 1 is 0.750 bits per heavy atom. The minimum atomic E-state index is -1.05. The van der Waals surface area contributed by atoms with Crippen LogP contribution in [0.15, 0.2) is 24.3 Å². The second kappa shape index (κ2) is 5.53. The second-order valence-electron chi connectivity index (χ2n) is 4.59. The largest absolute Gasteiger partial charge is 0.503 e. The van der Waals surface area contributed by atoms with Crippen molar-refractivity contribution in [3.8, 4) is 5.75 Å². The van der Waals surface area contributed by atoms with E-state index in [0.717, 1.165) is 12.1 Å². The van der Waals surface area contributed by atoms with Crippen molar-refractivity contribution in [3.63, 3.8) is 0 Å². The fourth-order valence-electron chi connectivity index (χ4n) is 1.89. The Bertz CT molecular complexity index is 549. The predicted octanol–water partition coefficient (Wildman–Crippen LogP) is 4.04. The van der Waals surface area contributed by atoms with Crippen LogP contribution in [0.4, 0.5) is 17.6 Å². The molecule has 2 aromatic rings. The van der Waals surface area contributed by atoms with Crippen molar-refractivity contribution in [1.82, 2.24) is 0 Å². The lowest BCUT2D eigenvalue weighted by Gasteiger charge is -2.06. The zero-order valence-corrected chi connectivity index (χ0v) is 10.7. The lowest BCUT2D eigenvalue weighted by Crippen LogP contribution is -1.98. The maximum atomic E-state index is 13.4. The Labute approximate surface area is 113 Å². The molecule has 2 aromatic carbocycles. The molecule has 0 aromatic heterocycles. The summed E-state index contributed by atoms with van der Waals surface area (Å²) in [5, 5.41) is 8.97. The minimum Gasteiger partial charge on any atom is -0.503 e. The fourth-order valence-corrected chi connectivity index (χ4v) is 1.89. The van der Waals surface area contributed by atoms with Crippen LogP contribution in [0.1, 0.15) is 16.7 Å². The lowest BCUT2D eigenvalue weighted by atomic mass is 10.0. The van der Waals surface area contributed by atoms with Crippen LogP contribution < -0.4 is 0 Å². The third-order valence-electron chi connectivity index (χ3n) is 3.12. The molecule has 1 N–H and O–H groups in total. The van der Waals surface area contributed by atoms with Crippen molar-refractivity contribution in [3.05, 3.63) is 64.2 Å². The highest BCUT2D eigenvalue weighted by atomic mass is 19.1. The van der Waals surface area contributed by atoms with Gasteiger partial charge in [0.05, 0.1) is 0 Å². The first-order valence-corrected chi connectivity index (χ1v) is 6.00. The van der Waals surface area contributed by atoms with Gasteiger partial charge in [-0.15, -0.1) is 0 Å². The van der Waals surface area contributed by atoms with E-state index in [-0.39, 0.29) is 18.4 Å². The van der Waals surface area contributed by atoms with Gasteiger partial charge in [-0.2, -0.15) is 0 Å². The van der Waals surface area contributed by atoms with Crippen molar-refractivity contribution in [1.29, 1.82) is 0 Å². The summed E-state index contributed by atoms with van der Waals surface area (Å²) in [5.74, 6) is -4.44. The van der Waals surface area contributed by atoms with Gasteiger partial charge >= 0.3 is 0 Å². The zero-order chi connectivity index (χ0) is 14.9. The Hall–Kier alpha value is -2.04. The van der Waals surface area contributed by atoms with Crippen molar-refractivity contribution in [2.45, 2.75) is 19.8 Å². The zero-order valence-electron chi connectivity index (χ0n) is 10.7. The molecule has 0 unspecified atom stereocenters. The highest BCUT2D eigenvalue weighted by Crippen LogP contribution is 2.23. The quantitative estimate of drug-likeness (QED) is 0.843. The molecule has 0 aliphatic rings. The molecule has 0 fully saturated rings. The van der Waals surface area contributed by atoms with Gasteiger partial charge in [-0.05, 0) is 55.2 Å². The number of aryl methyl sites for hydroxylation is 2. The molecule has 106 valence electrons. The van der Waals surface area contributed by atoms with Crippen LogP contribution in [-0.4, -0.2) is 5.11 Å². The topological polar surface area (TPSA) is 20.2 Å². The number of phenolic OH excluding ortho intramolecular Hbond substituents is 1. The Balaban J connectivity index is 2.17. The highest BCUT2D eigenvalue weighted by Gasteiger charge is 2.11. The maximum Gasteiger partial charge on any atom is 0.187 e. The normalized spacial score (nSPS) is 10.8. The van der Waals surface area contributed by atoms with E-state index >= 15 is 0 Å². The third-order valence-corrected chi connectivity index (χ3v) is 3.12. The fraction of sp³-hybridized carbons (Fsp3) is 0.200. The molecule has 0 atom stereocenters. The molecule has 0 amide bonds. The first-order valence-electron chi connectivity index (χ1n) is 6.00. The van der Waals surface area contributed by atoms with Gasteiger partial charge in [0.2, 0.25) is 0 Å². The van der Waals surface area contributed by atoms with Gasteiger partial charge in [0.1, 0.15) is 11.6 Å². The summed E-state index contributed by atoms with van der Waals surface area (Å²) in [4.78, 5) is 0. The van der Waals surface area contributed by atoms with Crippen LogP contribution in [0.25, 0.3) is 0 Å². The van der Waals surface area contributed by atoms with Gasteiger partial charge in [0.25, 0.3) is 0 Å². The molecule has 0 saturated carbocycles. The van der Waals surface area contributed by atoms with E-state index in [9.17, 15) is 17.6 Å².